The quantitative estimate of drug-likeness (QED) is 0.662. The van der Waals surface area contributed by atoms with Gasteiger partial charge in [-0.05, 0) is 73.8 Å². The van der Waals surface area contributed by atoms with E-state index in [0.29, 0.717) is 11.4 Å². The van der Waals surface area contributed by atoms with Crippen LogP contribution in [0.5, 0.6) is 0 Å². The van der Waals surface area contributed by atoms with Crippen LogP contribution in [0.4, 0.5) is 5.82 Å². The van der Waals surface area contributed by atoms with E-state index < -0.39 is 0 Å². The Labute approximate surface area is 126 Å². The summed E-state index contributed by atoms with van der Waals surface area (Å²) in [5, 5.41) is 3.09. The van der Waals surface area contributed by atoms with E-state index in [1.54, 1.807) is 6.20 Å². The summed E-state index contributed by atoms with van der Waals surface area (Å²) in [7, 11) is 0. The molecule has 5 rings (SSSR count). The third-order valence-electron chi connectivity index (χ3n) is 5.67. The monoisotopic (exact) mass is 284 g/mol. The van der Waals surface area contributed by atoms with Crippen LogP contribution in [-0.2, 0) is 0 Å². The predicted octanol–water partition coefficient (Wildman–Crippen LogP) is 3.02. The van der Waals surface area contributed by atoms with Gasteiger partial charge in [0, 0.05) is 12.7 Å². The third-order valence-corrected chi connectivity index (χ3v) is 5.67. The van der Waals surface area contributed by atoms with Crippen LogP contribution in [0.2, 0.25) is 0 Å². The first-order valence-corrected chi connectivity index (χ1v) is 8.19. The fraction of sp³-hybridized carbons (Fsp3) is 0.647. The van der Waals surface area contributed by atoms with Gasteiger partial charge in [0.2, 0.25) is 0 Å². The number of nitrogens with two attached hydrogens (primary N) is 1. The minimum atomic E-state index is 0.450. The molecule has 4 bridgehead atoms. The zero-order valence-electron chi connectivity index (χ0n) is 12.5. The lowest BCUT2D eigenvalue weighted by atomic mass is 9.49. The second-order valence-electron chi connectivity index (χ2n) is 7.46. The molecule has 4 aliphatic rings. The number of anilines is 1. The highest BCUT2D eigenvalue weighted by Crippen LogP contribution is 2.60. The number of aliphatic imine (C=N–C) groups is 1. The van der Waals surface area contributed by atoms with Gasteiger partial charge in [-0.3, -0.25) is 4.99 Å². The molecule has 1 aromatic rings. The Morgan fingerprint density at radius 1 is 1.19 bits per heavy atom. The lowest BCUT2D eigenvalue weighted by molar-refractivity contribution is -0.0465. The fourth-order valence-electron chi connectivity index (χ4n) is 5.34. The number of rotatable bonds is 3. The second kappa shape index (κ2) is 5.00. The van der Waals surface area contributed by atoms with Crippen LogP contribution in [0.15, 0.2) is 29.4 Å². The van der Waals surface area contributed by atoms with Crippen LogP contribution in [-0.4, -0.2) is 17.5 Å². The molecule has 4 saturated carbocycles. The van der Waals surface area contributed by atoms with E-state index in [4.69, 9.17) is 5.73 Å². The topological polar surface area (TPSA) is 63.3 Å². The van der Waals surface area contributed by atoms with Crippen LogP contribution >= 0.6 is 0 Å². The summed E-state index contributed by atoms with van der Waals surface area (Å²) in [6, 6.07) is 5.75. The summed E-state index contributed by atoms with van der Waals surface area (Å²) in [6.07, 6.45) is 10.3. The van der Waals surface area contributed by atoms with Crippen molar-refractivity contribution in [2.45, 2.75) is 38.5 Å². The fourth-order valence-corrected chi connectivity index (χ4v) is 5.34. The van der Waals surface area contributed by atoms with E-state index >= 15 is 0 Å². The van der Waals surface area contributed by atoms with Crippen LogP contribution in [0.3, 0.4) is 0 Å². The van der Waals surface area contributed by atoms with Gasteiger partial charge >= 0.3 is 0 Å². The molecule has 0 saturated heterocycles. The molecule has 112 valence electrons. The molecular weight excluding hydrogens is 260 g/mol. The first kappa shape index (κ1) is 13.1. The van der Waals surface area contributed by atoms with Crippen molar-refractivity contribution in [1.82, 2.24) is 4.98 Å². The molecule has 0 amide bonds. The van der Waals surface area contributed by atoms with Crippen molar-refractivity contribution in [1.29, 1.82) is 0 Å². The lowest BCUT2D eigenvalue weighted by Gasteiger charge is -2.56. The van der Waals surface area contributed by atoms with Gasteiger partial charge in [0.15, 0.2) is 5.96 Å². The minimum Gasteiger partial charge on any atom is -0.370 e. The van der Waals surface area contributed by atoms with Crippen molar-refractivity contribution in [2.75, 3.05) is 11.9 Å². The summed E-state index contributed by atoms with van der Waals surface area (Å²) in [5.74, 6) is 4.18. The zero-order valence-corrected chi connectivity index (χ0v) is 12.5. The van der Waals surface area contributed by atoms with E-state index in [9.17, 15) is 0 Å². The highest BCUT2D eigenvalue weighted by molar-refractivity contribution is 5.91. The van der Waals surface area contributed by atoms with Gasteiger partial charge in [-0.25, -0.2) is 4.98 Å². The van der Waals surface area contributed by atoms with Gasteiger partial charge in [0.25, 0.3) is 0 Å². The molecule has 0 aromatic carbocycles. The number of hydrogen-bond donors (Lipinski definition) is 2. The van der Waals surface area contributed by atoms with Crippen molar-refractivity contribution >= 4 is 11.8 Å². The second-order valence-corrected chi connectivity index (χ2v) is 7.46. The van der Waals surface area contributed by atoms with Crippen molar-refractivity contribution in [2.24, 2.45) is 33.9 Å². The van der Waals surface area contributed by atoms with Crippen molar-refractivity contribution in [3.63, 3.8) is 0 Å². The van der Waals surface area contributed by atoms with Gasteiger partial charge in [-0.1, -0.05) is 6.07 Å². The SMILES string of the molecule is NC(=NCC12CC3CC(CC(C3)C1)C2)Nc1ccccn1. The number of nitrogens with one attached hydrogen (secondary N) is 1. The maximum atomic E-state index is 6.03. The lowest BCUT2D eigenvalue weighted by Crippen LogP contribution is -2.47. The maximum Gasteiger partial charge on any atom is 0.194 e. The maximum absolute atomic E-state index is 6.03. The van der Waals surface area contributed by atoms with Gasteiger partial charge in [-0.2, -0.15) is 0 Å². The molecule has 4 aliphatic carbocycles. The third kappa shape index (κ3) is 2.63. The van der Waals surface area contributed by atoms with Gasteiger partial charge in [-0.15, -0.1) is 0 Å². The first-order chi connectivity index (χ1) is 10.2. The van der Waals surface area contributed by atoms with E-state index in [1.165, 1.54) is 38.5 Å². The molecule has 0 radical (unpaired) electrons. The van der Waals surface area contributed by atoms with E-state index in [1.807, 2.05) is 18.2 Å². The molecule has 4 nitrogen and oxygen atoms in total. The Hall–Kier alpha value is -1.58. The highest BCUT2D eigenvalue weighted by atomic mass is 15.1. The summed E-state index contributed by atoms with van der Waals surface area (Å²) < 4.78 is 0. The van der Waals surface area contributed by atoms with E-state index in [-0.39, 0.29) is 0 Å². The molecule has 1 aromatic heterocycles. The molecule has 4 fully saturated rings. The number of nitrogens with zero attached hydrogens (tertiary/aromatic N) is 2. The van der Waals surface area contributed by atoms with E-state index in [2.05, 4.69) is 15.3 Å². The number of aromatic nitrogens is 1. The summed E-state index contributed by atoms with van der Waals surface area (Å²) in [4.78, 5) is 8.87. The molecule has 0 spiro atoms. The smallest absolute Gasteiger partial charge is 0.194 e. The molecule has 3 N–H and O–H groups in total. The summed E-state index contributed by atoms with van der Waals surface area (Å²) in [6.45, 7) is 0.891. The Balaban J connectivity index is 1.43. The summed E-state index contributed by atoms with van der Waals surface area (Å²) in [5.41, 5.74) is 6.48. The van der Waals surface area contributed by atoms with Crippen molar-refractivity contribution in [3.05, 3.63) is 24.4 Å². The molecule has 21 heavy (non-hydrogen) atoms. The molecule has 4 heteroatoms. The van der Waals surface area contributed by atoms with Crippen LogP contribution in [0.25, 0.3) is 0 Å². The Bertz CT molecular complexity index is 502. The van der Waals surface area contributed by atoms with Gasteiger partial charge in [0.05, 0.1) is 0 Å². The minimum absolute atomic E-state index is 0.450. The average Bonchev–Trinajstić information content (AvgIpc) is 2.45. The molecule has 1 heterocycles. The standard InChI is InChI=1S/C17H24N4/c18-16(21-15-3-1-2-4-19-15)20-11-17-8-12-5-13(9-17)7-14(6-12)10-17/h1-4,12-14H,5-11H2,(H3,18,19,20,21). The predicted molar refractivity (Wildman–Crippen MR) is 85.0 cm³/mol. The van der Waals surface area contributed by atoms with Gasteiger partial charge in [0.1, 0.15) is 5.82 Å². The Morgan fingerprint density at radius 3 is 2.43 bits per heavy atom. The van der Waals surface area contributed by atoms with Crippen molar-refractivity contribution in [3.8, 4) is 0 Å². The molecular formula is C17H24N4. The average molecular weight is 284 g/mol. The number of guanidine groups is 1. The van der Waals surface area contributed by atoms with Crippen LogP contribution in [0, 0.1) is 23.2 Å². The van der Waals surface area contributed by atoms with Crippen LogP contribution in [0.1, 0.15) is 38.5 Å². The highest BCUT2D eigenvalue weighted by Gasteiger charge is 2.50. The first-order valence-electron chi connectivity index (χ1n) is 8.19. The van der Waals surface area contributed by atoms with E-state index in [0.717, 1.165) is 30.1 Å². The number of hydrogen-bond acceptors (Lipinski definition) is 2. The number of pyridine rings is 1. The Morgan fingerprint density at radius 2 is 1.86 bits per heavy atom. The largest absolute Gasteiger partial charge is 0.370 e. The van der Waals surface area contributed by atoms with Gasteiger partial charge < -0.3 is 11.1 Å². The Kier molecular flexibility index (Phi) is 3.12. The van der Waals surface area contributed by atoms with Crippen LogP contribution < -0.4 is 11.1 Å². The normalized spacial score (nSPS) is 37.7. The zero-order chi connectivity index (χ0) is 14.3. The molecule has 0 aliphatic heterocycles. The molecule has 0 atom stereocenters. The molecule has 0 unspecified atom stereocenters. The van der Waals surface area contributed by atoms with Crippen molar-refractivity contribution < 1.29 is 0 Å². The summed E-state index contributed by atoms with van der Waals surface area (Å²) >= 11 is 0.